The molecule has 10 nitrogen and oxygen atoms in total. The first kappa shape index (κ1) is 31.5. The molecule has 40 heavy (non-hydrogen) atoms. The SMILES string of the molecule is COC(=O)C(CCCCCCCc1ccc2c(n1)NCCC2)NC(=O)N1[C@H](C)CN(C(=O)OC(C)(C)C)C[C@@H]1C. The lowest BCUT2D eigenvalue weighted by Gasteiger charge is -2.44. The first-order valence-corrected chi connectivity index (χ1v) is 14.9. The van der Waals surface area contributed by atoms with Crippen molar-refractivity contribution in [1.29, 1.82) is 0 Å². The van der Waals surface area contributed by atoms with E-state index in [4.69, 9.17) is 14.5 Å². The number of rotatable bonds is 10. The van der Waals surface area contributed by atoms with Crippen LogP contribution in [0.25, 0.3) is 0 Å². The number of carbonyl (C=O) groups is 3. The monoisotopic (exact) mass is 559 g/mol. The number of aromatic nitrogens is 1. The van der Waals surface area contributed by atoms with E-state index >= 15 is 0 Å². The molecule has 1 fully saturated rings. The minimum Gasteiger partial charge on any atom is -0.467 e. The van der Waals surface area contributed by atoms with Crippen molar-refractivity contribution in [1.82, 2.24) is 20.1 Å². The van der Waals surface area contributed by atoms with Crippen molar-refractivity contribution in [3.63, 3.8) is 0 Å². The topological polar surface area (TPSA) is 113 Å². The Morgan fingerprint density at radius 2 is 1.75 bits per heavy atom. The Labute approximate surface area is 239 Å². The van der Waals surface area contributed by atoms with Crippen molar-refractivity contribution in [2.75, 3.05) is 32.1 Å². The fourth-order valence-electron chi connectivity index (χ4n) is 5.51. The third-order valence-electron chi connectivity index (χ3n) is 7.47. The maximum Gasteiger partial charge on any atom is 0.410 e. The number of fused-ring (bicyclic) bond motifs is 1. The zero-order chi connectivity index (χ0) is 29.3. The fraction of sp³-hybridized carbons (Fsp3) is 0.733. The molecule has 10 heteroatoms. The van der Waals surface area contributed by atoms with Crippen molar-refractivity contribution in [2.45, 2.75) is 116 Å². The van der Waals surface area contributed by atoms with Gasteiger partial charge >= 0.3 is 18.1 Å². The summed E-state index contributed by atoms with van der Waals surface area (Å²) in [5.74, 6) is 0.612. The minimum atomic E-state index is -0.701. The van der Waals surface area contributed by atoms with Crippen molar-refractivity contribution in [3.05, 3.63) is 23.4 Å². The predicted octanol–water partition coefficient (Wildman–Crippen LogP) is 4.90. The van der Waals surface area contributed by atoms with Crippen LogP contribution in [0, 0.1) is 0 Å². The van der Waals surface area contributed by atoms with Gasteiger partial charge in [0.1, 0.15) is 17.5 Å². The summed E-state index contributed by atoms with van der Waals surface area (Å²) in [6.07, 6.45) is 8.41. The van der Waals surface area contributed by atoms with Gasteiger partial charge in [0, 0.05) is 37.4 Å². The molecule has 3 rings (SSSR count). The molecule has 0 aromatic carbocycles. The molecule has 1 aromatic heterocycles. The molecule has 3 heterocycles. The highest BCUT2D eigenvalue weighted by molar-refractivity contribution is 5.84. The molecule has 224 valence electrons. The Hall–Kier alpha value is -3.04. The number of nitrogens with one attached hydrogen (secondary N) is 2. The number of carbonyl (C=O) groups excluding carboxylic acids is 3. The number of nitrogens with zero attached hydrogens (tertiary/aromatic N) is 3. The highest BCUT2D eigenvalue weighted by Gasteiger charge is 2.37. The average Bonchev–Trinajstić information content (AvgIpc) is 2.89. The average molecular weight is 560 g/mol. The van der Waals surface area contributed by atoms with E-state index in [9.17, 15) is 14.4 Å². The van der Waals surface area contributed by atoms with Gasteiger partial charge in [0.2, 0.25) is 0 Å². The standard InChI is InChI=1S/C30H49N5O5/c1-21-19-34(29(38)40-30(3,4)5)20-22(2)35(21)28(37)33-25(27(36)39-6)15-11-9-7-8-10-14-24-17-16-23-13-12-18-31-26(23)32-24/h16-17,21-22,25H,7-15,18-20H2,1-6H3,(H,31,32)(H,33,37)/t21-,22+,25?. The molecule has 0 spiro atoms. The largest absolute Gasteiger partial charge is 0.467 e. The van der Waals surface area contributed by atoms with Gasteiger partial charge < -0.3 is 29.9 Å². The van der Waals surface area contributed by atoms with Gasteiger partial charge in [-0.3, -0.25) is 0 Å². The summed E-state index contributed by atoms with van der Waals surface area (Å²) in [6.45, 7) is 11.0. The molecule has 0 radical (unpaired) electrons. The van der Waals surface area contributed by atoms with Crippen LogP contribution in [0.15, 0.2) is 12.1 Å². The van der Waals surface area contributed by atoms with Crippen LogP contribution in [0.2, 0.25) is 0 Å². The molecule has 0 saturated carbocycles. The number of ether oxygens (including phenoxy) is 2. The maximum absolute atomic E-state index is 13.2. The molecule has 2 aliphatic rings. The summed E-state index contributed by atoms with van der Waals surface area (Å²) in [4.78, 5) is 46.3. The second-order valence-electron chi connectivity index (χ2n) is 12.2. The second kappa shape index (κ2) is 14.6. The summed E-state index contributed by atoms with van der Waals surface area (Å²) in [5.41, 5.74) is 1.87. The Balaban J connectivity index is 1.40. The van der Waals surface area contributed by atoms with Crippen LogP contribution in [0.3, 0.4) is 0 Å². The number of unbranched alkanes of at least 4 members (excludes halogenated alkanes) is 4. The highest BCUT2D eigenvalue weighted by atomic mass is 16.6. The van der Waals surface area contributed by atoms with E-state index < -0.39 is 17.6 Å². The highest BCUT2D eigenvalue weighted by Crippen LogP contribution is 2.22. The lowest BCUT2D eigenvalue weighted by atomic mass is 10.0. The number of anilines is 1. The Bertz CT molecular complexity index is 999. The molecule has 1 unspecified atom stereocenters. The molecule has 3 atom stereocenters. The van der Waals surface area contributed by atoms with Gasteiger partial charge in [-0.25, -0.2) is 19.4 Å². The first-order valence-electron chi connectivity index (χ1n) is 14.9. The number of hydrogen-bond acceptors (Lipinski definition) is 7. The number of aryl methyl sites for hydroxylation is 2. The Morgan fingerprint density at radius 1 is 1.07 bits per heavy atom. The van der Waals surface area contributed by atoms with Crippen LogP contribution in [0.4, 0.5) is 15.4 Å². The van der Waals surface area contributed by atoms with Gasteiger partial charge in [-0.2, -0.15) is 0 Å². The zero-order valence-electron chi connectivity index (χ0n) is 25.3. The van der Waals surface area contributed by atoms with Crippen LogP contribution in [0.5, 0.6) is 0 Å². The van der Waals surface area contributed by atoms with Crippen LogP contribution >= 0.6 is 0 Å². The van der Waals surface area contributed by atoms with Gasteiger partial charge in [0.25, 0.3) is 0 Å². The molecule has 0 aliphatic carbocycles. The minimum absolute atomic E-state index is 0.227. The number of methoxy groups -OCH3 is 1. The molecule has 3 amide bonds. The summed E-state index contributed by atoms with van der Waals surface area (Å²) in [5, 5.41) is 6.29. The lowest BCUT2D eigenvalue weighted by molar-refractivity contribution is -0.143. The molecular formula is C30H49N5O5. The van der Waals surface area contributed by atoms with Crippen molar-refractivity contribution in [2.24, 2.45) is 0 Å². The summed E-state index contributed by atoms with van der Waals surface area (Å²) < 4.78 is 10.5. The fourth-order valence-corrected chi connectivity index (χ4v) is 5.51. The van der Waals surface area contributed by atoms with Gasteiger partial charge in [-0.1, -0.05) is 31.7 Å². The van der Waals surface area contributed by atoms with Crippen LogP contribution in [0.1, 0.15) is 90.8 Å². The smallest absolute Gasteiger partial charge is 0.410 e. The first-order chi connectivity index (χ1) is 19.0. The van der Waals surface area contributed by atoms with Crippen molar-refractivity contribution in [3.8, 4) is 0 Å². The molecule has 2 N–H and O–H groups in total. The third-order valence-corrected chi connectivity index (χ3v) is 7.47. The number of pyridine rings is 1. The van der Waals surface area contributed by atoms with Crippen LogP contribution in [-0.2, 0) is 27.1 Å². The van der Waals surface area contributed by atoms with Gasteiger partial charge in [-0.05, 0) is 78.4 Å². The number of esters is 1. The molecule has 2 aliphatic heterocycles. The van der Waals surface area contributed by atoms with Gasteiger partial charge in [0.05, 0.1) is 7.11 Å². The van der Waals surface area contributed by atoms with Gasteiger partial charge in [-0.15, -0.1) is 0 Å². The number of hydrogen-bond donors (Lipinski definition) is 2. The maximum atomic E-state index is 13.2. The quantitative estimate of drug-likeness (QED) is 0.310. The van der Waals surface area contributed by atoms with E-state index in [1.165, 1.54) is 19.1 Å². The van der Waals surface area contributed by atoms with E-state index in [0.29, 0.717) is 19.5 Å². The Morgan fingerprint density at radius 3 is 2.42 bits per heavy atom. The van der Waals surface area contributed by atoms with Crippen LogP contribution < -0.4 is 10.6 Å². The molecule has 0 bridgehead atoms. The van der Waals surface area contributed by atoms with E-state index in [0.717, 1.165) is 63.0 Å². The number of piperazine rings is 1. The molecular weight excluding hydrogens is 510 g/mol. The van der Waals surface area contributed by atoms with E-state index in [1.54, 1.807) is 9.80 Å². The summed E-state index contributed by atoms with van der Waals surface area (Å²) >= 11 is 0. The molecule has 1 aromatic rings. The zero-order valence-corrected chi connectivity index (χ0v) is 25.3. The summed E-state index contributed by atoms with van der Waals surface area (Å²) in [6, 6.07) is 2.88. The second-order valence-corrected chi connectivity index (χ2v) is 12.2. The van der Waals surface area contributed by atoms with E-state index in [-0.39, 0.29) is 24.2 Å². The summed E-state index contributed by atoms with van der Waals surface area (Å²) in [7, 11) is 1.34. The lowest BCUT2D eigenvalue weighted by Crippen LogP contribution is -2.63. The van der Waals surface area contributed by atoms with Crippen molar-refractivity contribution >= 4 is 23.9 Å². The normalized spacial score (nSPS) is 19.8. The Kier molecular flexibility index (Phi) is 11.5. The van der Waals surface area contributed by atoms with E-state index in [1.807, 2.05) is 34.6 Å². The predicted molar refractivity (Wildman–Crippen MR) is 155 cm³/mol. The van der Waals surface area contributed by atoms with Crippen molar-refractivity contribution < 1.29 is 23.9 Å². The number of amides is 3. The number of urea groups is 1. The van der Waals surface area contributed by atoms with Crippen LogP contribution in [-0.4, -0.2) is 83.3 Å². The third kappa shape index (κ3) is 9.27. The molecule has 1 saturated heterocycles. The van der Waals surface area contributed by atoms with Gasteiger partial charge in [0.15, 0.2) is 0 Å². The van der Waals surface area contributed by atoms with E-state index in [2.05, 4.69) is 22.8 Å².